The van der Waals surface area contributed by atoms with Crippen molar-refractivity contribution in [2.24, 2.45) is 5.92 Å². The first-order chi connectivity index (χ1) is 13.5. The first-order valence-corrected chi connectivity index (χ1v) is 11.3. The van der Waals surface area contributed by atoms with Crippen LogP contribution >= 0.6 is 11.8 Å². The Labute approximate surface area is 173 Å². The van der Waals surface area contributed by atoms with Crippen LogP contribution in [0.25, 0.3) is 5.57 Å². The Kier molecular flexibility index (Phi) is 5.70. The number of hydrogen-bond donors (Lipinski definition) is 0. The maximum atomic E-state index is 6.14. The fourth-order valence-corrected chi connectivity index (χ4v) is 4.42. The van der Waals surface area contributed by atoms with Gasteiger partial charge in [0, 0.05) is 55.3 Å². The van der Waals surface area contributed by atoms with Crippen molar-refractivity contribution in [1.82, 2.24) is 9.80 Å². The predicted octanol–water partition coefficient (Wildman–Crippen LogP) is 4.96. The van der Waals surface area contributed by atoms with Crippen LogP contribution in [-0.4, -0.2) is 48.8 Å². The van der Waals surface area contributed by atoms with Crippen molar-refractivity contribution in [3.05, 3.63) is 65.4 Å². The van der Waals surface area contributed by atoms with E-state index in [2.05, 4.69) is 85.6 Å². The average Bonchev–Trinajstić information content (AvgIpc) is 2.65. The zero-order chi connectivity index (χ0) is 19.7. The second-order valence-corrected chi connectivity index (χ2v) is 9.11. The molecule has 2 heterocycles. The Morgan fingerprint density at radius 2 is 1.86 bits per heavy atom. The first kappa shape index (κ1) is 19.4. The lowest BCUT2D eigenvalue weighted by Gasteiger charge is -2.41. The van der Waals surface area contributed by atoms with Gasteiger partial charge in [-0.05, 0) is 61.1 Å². The summed E-state index contributed by atoms with van der Waals surface area (Å²) in [6.45, 7) is 8.57. The maximum Gasteiger partial charge on any atom is 0.119 e. The summed E-state index contributed by atoms with van der Waals surface area (Å²) in [5, 5.41) is 0. The van der Waals surface area contributed by atoms with Gasteiger partial charge in [0.05, 0.1) is 6.61 Å². The number of ether oxygens (including phenoxy) is 1. The Balaban J connectivity index is 1.48. The molecule has 0 aromatic heterocycles. The monoisotopic (exact) mass is 394 g/mol. The van der Waals surface area contributed by atoms with Gasteiger partial charge in [-0.2, -0.15) is 0 Å². The topological polar surface area (TPSA) is 15.7 Å². The van der Waals surface area contributed by atoms with E-state index >= 15 is 0 Å². The summed E-state index contributed by atoms with van der Waals surface area (Å²) in [5.74, 6) is 1.65. The summed E-state index contributed by atoms with van der Waals surface area (Å²) in [7, 11) is 2.14. The number of hydrogen-bond acceptors (Lipinski definition) is 4. The minimum Gasteiger partial charge on any atom is -0.493 e. The van der Waals surface area contributed by atoms with E-state index in [4.69, 9.17) is 4.74 Å². The average molecular weight is 395 g/mol. The molecule has 0 aliphatic carbocycles. The van der Waals surface area contributed by atoms with Crippen LogP contribution in [0.5, 0.6) is 5.75 Å². The highest BCUT2D eigenvalue weighted by molar-refractivity contribution is 7.98. The summed E-state index contributed by atoms with van der Waals surface area (Å²) in [4.78, 5) is 6.05. The molecule has 0 spiro atoms. The zero-order valence-electron chi connectivity index (χ0n) is 17.3. The Hall–Kier alpha value is -1.91. The number of benzene rings is 2. The zero-order valence-corrected chi connectivity index (χ0v) is 18.1. The highest BCUT2D eigenvalue weighted by Gasteiger charge is 2.29. The largest absolute Gasteiger partial charge is 0.493 e. The van der Waals surface area contributed by atoms with Crippen LogP contribution in [0, 0.1) is 5.92 Å². The summed E-state index contributed by atoms with van der Waals surface area (Å²) in [6.07, 6.45) is 4.37. The quantitative estimate of drug-likeness (QED) is 0.643. The van der Waals surface area contributed by atoms with E-state index in [1.165, 1.54) is 27.2 Å². The van der Waals surface area contributed by atoms with Crippen molar-refractivity contribution in [3.8, 4) is 5.75 Å². The SMILES string of the molecule is CSc1ccc(C2=CN(C)Cc3cc(OCC4CN(C(C)C)C4)ccc32)cc1. The molecule has 0 amide bonds. The second-order valence-electron chi connectivity index (χ2n) is 8.23. The van der Waals surface area contributed by atoms with Crippen molar-refractivity contribution in [3.63, 3.8) is 0 Å². The molecule has 3 nitrogen and oxygen atoms in total. The van der Waals surface area contributed by atoms with Gasteiger partial charge >= 0.3 is 0 Å². The van der Waals surface area contributed by atoms with Gasteiger partial charge in [0.2, 0.25) is 0 Å². The van der Waals surface area contributed by atoms with E-state index in [-0.39, 0.29) is 0 Å². The van der Waals surface area contributed by atoms with E-state index in [9.17, 15) is 0 Å². The number of likely N-dealkylation sites (tertiary alicyclic amines) is 1. The third kappa shape index (κ3) is 4.08. The van der Waals surface area contributed by atoms with Crippen molar-refractivity contribution >= 4 is 17.3 Å². The molecular weight excluding hydrogens is 364 g/mol. The van der Waals surface area contributed by atoms with Crippen LogP contribution in [-0.2, 0) is 6.54 Å². The molecule has 4 heteroatoms. The van der Waals surface area contributed by atoms with Gasteiger partial charge in [-0.1, -0.05) is 18.2 Å². The summed E-state index contributed by atoms with van der Waals surface area (Å²) >= 11 is 1.78. The Bertz CT molecular complexity index is 853. The normalized spacial score (nSPS) is 17.3. The molecule has 0 radical (unpaired) electrons. The highest BCUT2D eigenvalue weighted by Crippen LogP contribution is 2.34. The van der Waals surface area contributed by atoms with Gasteiger partial charge in [0.1, 0.15) is 5.75 Å². The molecule has 2 aliphatic heterocycles. The van der Waals surface area contributed by atoms with E-state index in [0.29, 0.717) is 12.0 Å². The predicted molar refractivity (Wildman–Crippen MR) is 119 cm³/mol. The standard InChI is InChI=1S/C24H30N2OS/c1-17(2)26-12-18(13-26)16-27-21-7-10-23-20(11-21)14-25(3)15-24(23)19-5-8-22(28-4)9-6-19/h5-11,15,17-18H,12-14,16H2,1-4H3. The van der Waals surface area contributed by atoms with Crippen LogP contribution in [0.2, 0.25) is 0 Å². The van der Waals surface area contributed by atoms with Crippen molar-refractivity contribution in [2.45, 2.75) is 31.3 Å². The molecular formula is C24H30N2OS. The summed E-state index contributed by atoms with van der Waals surface area (Å²) in [5.41, 5.74) is 5.21. The van der Waals surface area contributed by atoms with E-state index in [1.54, 1.807) is 11.8 Å². The first-order valence-electron chi connectivity index (χ1n) is 10.1. The molecule has 0 atom stereocenters. The molecule has 0 bridgehead atoms. The number of fused-ring (bicyclic) bond motifs is 1. The summed E-state index contributed by atoms with van der Waals surface area (Å²) < 4.78 is 6.14. The minimum absolute atomic E-state index is 0.644. The van der Waals surface area contributed by atoms with E-state index in [0.717, 1.165) is 32.0 Å². The molecule has 0 N–H and O–H groups in total. The molecule has 2 aliphatic rings. The fraction of sp³-hybridized carbons (Fsp3) is 0.417. The highest BCUT2D eigenvalue weighted by atomic mass is 32.2. The fourth-order valence-electron chi connectivity index (χ4n) is 4.01. The lowest BCUT2D eigenvalue weighted by molar-refractivity contribution is 0.0375. The second kappa shape index (κ2) is 8.22. The lowest BCUT2D eigenvalue weighted by Crippen LogP contribution is -2.52. The van der Waals surface area contributed by atoms with E-state index < -0.39 is 0 Å². The molecule has 0 saturated carbocycles. The smallest absolute Gasteiger partial charge is 0.119 e. The van der Waals surface area contributed by atoms with Crippen molar-refractivity contribution < 1.29 is 4.74 Å². The number of thioether (sulfide) groups is 1. The minimum atomic E-state index is 0.644. The van der Waals surface area contributed by atoms with Gasteiger partial charge in [0.25, 0.3) is 0 Å². The lowest BCUT2D eigenvalue weighted by atomic mass is 9.92. The van der Waals surface area contributed by atoms with E-state index in [1.807, 2.05) is 0 Å². The third-order valence-electron chi connectivity index (χ3n) is 5.74. The van der Waals surface area contributed by atoms with Crippen molar-refractivity contribution in [2.75, 3.05) is 33.0 Å². The third-order valence-corrected chi connectivity index (χ3v) is 6.48. The molecule has 2 aromatic rings. The number of rotatable bonds is 6. The van der Waals surface area contributed by atoms with Gasteiger partial charge < -0.3 is 14.5 Å². The van der Waals surface area contributed by atoms with Gasteiger partial charge in [0.15, 0.2) is 0 Å². The molecule has 148 valence electrons. The number of nitrogens with zero attached hydrogens (tertiary/aromatic N) is 2. The molecule has 1 saturated heterocycles. The molecule has 0 unspecified atom stereocenters. The van der Waals surface area contributed by atoms with Crippen molar-refractivity contribution in [1.29, 1.82) is 0 Å². The van der Waals surface area contributed by atoms with Crippen LogP contribution < -0.4 is 4.74 Å². The Morgan fingerprint density at radius 1 is 1.11 bits per heavy atom. The molecule has 28 heavy (non-hydrogen) atoms. The summed E-state index contributed by atoms with van der Waals surface area (Å²) in [6, 6.07) is 16.1. The van der Waals surface area contributed by atoms with Crippen LogP contribution in [0.3, 0.4) is 0 Å². The van der Waals surface area contributed by atoms with Crippen LogP contribution in [0.4, 0.5) is 0 Å². The van der Waals surface area contributed by atoms with Gasteiger partial charge in [-0.3, -0.25) is 0 Å². The molecule has 4 rings (SSSR count). The van der Waals surface area contributed by atoms with Crippen LogP contribution in [0.15, 0.2) is 53.6 Å². The Morgan fingerprint density at radius 3 is 2.54 bits per heavy atom. The van der Waals surface area contributed by atoms with Gasteiger partial charge in [-0.25, -0.2) is 0 Å². The maximum absolute atomic E-state index is 6.14. The van der Waals surface area contributed by atoms with Gasteiger partial charge in [-0.15, -0.1) is 11.8 Å². The molecule has 2 aromatic carbocycles. The van der Waals surface area contributed by atoms with Crippen LogP contribution in [0.1, 0.15) is 30.5 Å². The molecule has 1 fully saturated rings.